The van der Waals surface area contributed by atoms with Crippen molar-refractivity contribution in [3.05, 3.63) is 37.5 Å². The van der Waals surface area contributed by atoms with Gasteiger partial charge in [0.1, 0.15) is 0 Å². The van der Waals surface area contributed by atoms with E-state index in [9.17, 15) is 0 Å². The molecule has 19 heavy (non-hydrogen) atoms. The van der Waals surface area contributed by atoms with Crippen molar-refractivity contribution in [2.24, 2.45) is 0 Å². The number of aliphatic hydroxyl groups is 2. The smallest absolute Gasteiger partial charge is 0.358 e. The second kappa shape index (κ2) is 31.2. The number of rotatable bonds is 1. The predicted octanol–water partition coefficient (Wildman–Crippen LogP) is 3.37. The van der Waals surface area contributed by atoms with Crippen molar-refractivity contribution in [1.29, 1.82) is 0 Å². The fraction of sp³-hybridized carbons (Fsp3) is 0.538. The van der Waals surface area contributed by atoms with Gasteiger partial charge in [0.15, 0.2) is 0 Å². The molecule has 118 valence electrons. The minimum absolute atomic E-state index is 0. The van der Waals surface area contributed by atoms with E-state index in [-0.39, 0.29) is 51.0 Å². The van der Waals surface area contributed by atoms with Crippen molar-refractivity contribution in [2.45, 2.75) is 32.7 Å². The molecule has 0 heterocycles. The Balaban J connectivity index is -0.0000000293. The number of hydrogen-bond acceptors (Lipinski definition) is 2. The van der Waals surface area contributed by atoms with Crippen LogP contribution in [0.25, 0.3) is 5.73 Å². The third kappa shape index (κ3) is 116. The Morgan fingerprint density at radius 1 is 1.21 bits per heavy atom. The molecule has 0 spiro atoms. The van der Waals surface area contributed by atoms with Gasteiger partial charge in [-0.25, -0.2) is 12.2 Å². The average Bonchev–Trinajstić information content (AvgIpc) is 2.76. The largest absolute Gasteiger partial charge is 0.358 e. The molecular formula is C13H28Cl2NO2Zr-3. The Kier molecular flexibility index (Phi) is 60.3. The first-order chi connectivity index (χ1) is 7.41. The van der Waals surface area contributed by atoms with E-state index in [4.69, 9.17) is 15.9 Å². The number of aliphatic hydroxyl groups excluding tert-OH is 2. The molecule has 3 nitrogen and oxygen atoms in total. The second-order valence-electron chi connectivity index (χ2n) is 3.70. The zero-order valence-electron chi connectivity index (χ0n) is 12.3. The van der Waals surface area contributed by atoms with Crippen LogP contribution < -0.4 is 0 Å². The number of halogens is 2. The Morgan fingerprint density at radius 2 is 1.53 bits per heavy atom. The van der Waals surface area contributed by atoms with Crippen LogP contribution in [0.4, 0.5) is 0 Å². The van der Waals surface area contributed by atoms with Gasteiger partial charge in [-0.15, -0.1) is 36.8 Å². The first-order valence-electron chi connectivity index (χ1n) is 4.95. The summed E-state index contributed by atoms with van der Waals surface area (Å²) in [4.78, 5) is 0. The molecule has 0 aromatic rings. The molecule has 1 rings (SSSR count). The number of nitrogens with one attached hydrogen (secondary N) is 1. The third-order valence-electron chi connectivity index (χ3n) is 0.686. The summed E-state index contributed by atoms with van der Waals surface area (Å²) in [6.07, 6.45) is 10.0. The van der Waals surface area contributed by atoms with E-state index in [0.717, 1.165) is 6.42 Å². The molecule has 3 N–H and O–H groups in total. The summed E-state index contributed by atoms with van der Waals surface area (Å²) in [6, 6.07) is 0. The quantitative estimate of drug-likeness (QED) is 0.672. The van der Waals surface area contributed by atoms with E-state index < -0.39 is 0 Å². The zero-order valence-corrected chi connectivity index (χ0v) is 16.4. The summed E-state index contributed by atoms with van der Waals surface area (Å²) in [5, 5.41) is 15.2. The molecule has 0 saturated carbocycles. The molecule has 0 amide bonds. The summed E-state index contributed by atoms with van der Waals surface area (Å²) in [7, 11) is 0. The molecule has 0 bridgehead atoms. The minimum atomic E-state index is -0.250. The minimum Gasteiger partial charge on any atom is -0.358 e. The van der Waals surface area contributed by atoms with Crippen LogP contribution in [0.5, 0.6) is 0 Å². The topological polar surface area (TPSA) is 64.3 Å². The standard InChI is InChI=1S/C5H5.C4H10N.C2H6O2.CH3.CH2.2ClH.Zr/c1-2-4-5-3-1;1-4(2,3)5;3-1-2-4;;;;;/h1-3H,4H2;5H,1-3H3;3-4H,1-2H2;1H3;1H2;2*1H;/q2*-1;;-1;;;;. The van der Waals surface area contributed by atoms with Gasteiger partial charge in [-0.05, 0) is 0 Å². The average molecular weight is 393 g/mol. The van der Waals surface area contributed by atoms with Gasteiger partial charge in [-0.3, -0.25) is 6.08 Å². The summed E-state index contributed by atoms with van der Waals surface area (Å²) < 4.78 is 3.34. The van der Waals surface area contributed by atoms with Gasteiger partial charge in [0.2, 0.25) is 0 Å². The van der Waals surface area contributed by atoms with Gasteiger partial charge in [-0.2, -0.15) is 6.08 Å². The monoisotopic (exact) mass is 390 g/mol. The van der Waals surface area contributed by atoms with Crippen molar-refractivity contribution < 1.29 is 34.4 Å². The molecule has 0 atom stereocenters. The van der Waals surface area contributed by atoms with Crippen LogP contribution in [0, 0.1) is 13.5 Å². The Hall–Kier alpha value is 0.693. The van der Waals surface area contributed by atoms with E-state index in [2.05, 4.69) is 16.4 Å². The molecule has 6 heteroatoms. The van der Waals surface area contributed by atoms with Gasteiger partial charge in [0.05, 0.1) is 13.2 Å². The Bertz CT molecular complexity index is 166. The molecular weight excluding hydrogens is 364 g/mol. The van der Waals surface area contributed by atoms with E-state index in [0.29, 0.717) is 0 Å². The van der Waals surface area contributed by atoms with E-state index in [1.54, 1.807) is 0 Å². The van der Waals surface area contributed by atoms with Crippen LogP contribution in [0.3, 0.4) is 0 Å². The fourth-order valence-electron chi connectivity index (χ4n) is 0.340. The second-order valence-corrected chi connectivity index (χ2v) is 3.70. The molecule has 0 saturated heterocycles. The first kappa shape index (κ1) is 36.7. The molecule has 1 aliphatic rings. The van der Waals surface area contributed by atoms with Crippen molar-refractivity contribution >= 4 is 29.0 Å². The predicted molar refractivity (Wildman–Crippen MR) is 87.8 cm³/mol. The van der Waals surface area contributed by atoms with Crippen molar-refractivity contribution in [3.8, 4) is 0 Å². The van der Waals surface area contributed by atoms with Crippen LogP contribution in [0.15, 0.2) is 18.2 Å². The van der Waals surface area contributed by atoms with Crippen LogP contribution >= 0.6 is 24.8 Å². The van der Waals surface area contributed by atoms with Crippen molar-refractivity contribution in [3.63, 3.8) is 0 Å². The molecule has 0 aromatic heterocycles. The summed E-state index contributed by atoms with van der Waals surface area (Å²) in [6.45, 7) is 5.31. The zero-order chi connectivity index (χ0) is 13.4. The van der Waals surface area contributed by atoms with Gasteiger partial charge in [0, 0.05) is 0 Å². The number of hydrogen-bond donors (Lipinski definition) is 2. The third-order valence-corrected chi connectivity index (χ3v) is 0.686. The van der Waals surface area contributed by atoms with Gasteiger partial charge in [0.25, 0.3) is 0 Å². The Morgan fingerprint density at radius 3 is 1.58 bits per heavy atom. The van der Waals surface area contributed by atoms with E-state index in [1.165, 1.54) is 24.2 Å². The fourth-order valence-corrected chi connectivity index (χ4v) is 0.340. The van der Waals surface area contributed by atoms with E-state index in [1.807, 2.05) is 32.9 Å². The SMILES string of the molecule is CC(C)(C)[NH-].Cl.Cl.OCCO.[C-]1=CC=CC1.[CH2]=[Zr].[CH3-]. The first-order valence-corrected chi connectivity index (χ1v) is 6.69. The molecule has 0 fully saturated rings. The van der Waals surface area contributed by atoms with Gasteiger partial charge >= 0.3 is 28.4 Å². The molecule has 0 radical (unpaired) electrons. The van der Waals surface area contributed by atoms with Crippen LogP contribution in [0.2, 0.25) is 0 Å². The molecule has 0 unspecified atom stereocenters. The van der Waals surface area contributed by atoms with Crippen molar-refractivity contribution in [1.82, 2.24) is 0 Å². The van der Waals surface area contributed by atoms with Gasteiger partial charge in [-0.1, -0.05) is 20.8 Å². The molecule has 0 aromatic carbocycles. The van der Waals surface area contributed by atoms with Crippen LogP contribution in [-0.2, 0) is 24.2 Å². The Labute approximate surface area is 146 Å². The van der Waals surface area contributed by atoms with Gasteiger partial charge < -0.3 is 23.4 Å². The summed E-state index contributed by atoms with van der Waals surface area (Å²) in [5.74, 6) is 0. The maximum atomic E-state index is 7.62. The van der Waals surface area contributed by atoms with E-state index >= 15 is 0 Å². The normalized spacial score (nSPS) is 9.53. The van der Waals surface area contributed by atoms with Crippen LogP contribution in [-0.4, -0.2) is 33.2 Å². The maximum absolute atomic E-state index is 7.62. The number of allylic oxidation sites excluding steroid dienone is 4. The summed E-state index contributed by atoms with van der Waals surface area (Å²) in [5.41, 5.74) is 6.69. The maximum Gasteiger partial charge on any atom is -0.358 e. The molecule has 1 aliphatic carbocycles. The molecule has 0 aliphatic heterocycles. The summed E-state index contributed by atoms with van der Waals surface area (Å²) >= 11 is 1.30. The van der Waals surface area contributed by atoms with Crippen LogP contribution in [0.1, 0.15) is 27.2 Å². The van der Waals surface area contributed by atoms with Crippen molar-refractivity contribution in [2.75, 3.05) is 13.2 Å².